The van der Waals surface area contributed by atoms with Crippen LogP contribution in [0, 0.1) is 5.92 Å². The van der Waals surface area contributed by atoms with Gasteiger partial charge in [0.25, 0.3) is 0 Å². The minimum absolute atomic E-state index is 0.0340. The minimum atomic E-state index is 0.0340. The van der Waals surface area contributed by atoms with Crippen molar-refractivity contribution in [1.82, 2.24) is 4.90 Å². The Balaban J connectivity index is 1.81. The molecule has 0 spiro atoms. The fourth-order valence-electron chi connectivity index (χ4n) is 2.53. The summed E-state index contributed by atoms with van der Waals surface area (Å²) in [4.78, 5) is 2.67. The maximum Gasteiger partial charge on any atom is 0.0254 e. The predicted octanol–water partition coefficient (Wildman–Crippen LogP) is 2.38. The third-order valence-electron chi connectivity index (χ3n) is 3.64. The van der Waals surface area contributed by atoms with E-state index in [9.17, 15) is 0 Å². The van der Waals surface area contributed by atoms with Crippen LogP contribution in [0.5, 0.6) is 0 Å². The molecule has 0 heterocycles. The van der Waals surface area contributed by atoms with Gasteiger partial charge in [-0.2, -0.15) is 0 Å². The Bertz CT molecular complexity index is 205. The molecular weight excluding hydrogens is 184 g/mol. The van der Waals surface area contributed by atoms with E-state index in [-0.39, 0.29) is 5.54 Å². The molecule has 0 amide bonds. The number of nitrogens with zero attached hydrogens (tertiary/aromatic N) is 1. The molecule has 88 valence electrons. The van der Waals surface area contributed by atoms with Gasteiger partial charge in [-0.15, -0.1) is 0 Å². The average Bonchev–Trinajstić information content (AvgIpc) is 2.99. The maximum absolute atomic E-state index is 6.35. The highest BCUT2D eigenvalue weighted by Crippen LogP contribution is 2.35. The minimum Gasteiger partial charge on any atom is -0.324 e. The van der Waals surface area contributed by atoms with Gasteiger partial charge in [-0.3, -0.25) is 4.90 Å². The lowest BCUT2D eigenvalue weighted by atomic mass is 9.96. The van der Waals surface area contributed by atoms with E-state index in [2.05, 4.69) is 18.7 Å². The van der Waals surface area contributed by atoms with Gasteiger partial charge >= 0.3 is 0 Å². The number of hydrogen-bond acceptors (Lipinski definition) is 2. The van der Waals surface area contributed by atoms with Crippen molar-refractivity contribution < 1.29 is 0 Å². The van der Waals surface area contributed by atoms with Gasteiger partial charge in [-0.1, -0.05) is 13.3 Å². The van der Waals surface area contributed by atoms with Crippen LogP contribution in [0.4, 0.5) is 0 Å². The van der Waals surface area contributed by atoms with Gasteiger partial charge in [0.15, 0.2) is 0 Å². The topological polar surface area (TPSA) is 29.3 Å². The van der Waals surface area contributed by atoms with Crippen molar-refractivity contribution in [3.63, 3.8) is 0 Å². The number of hydrogen-bond donors (Lipinski definition) is 1. The second kappa shape index (κ2) is 4.42. The molecule has 2 fully saturated rings. The van der Waals surface area contributed by atoms with Crippen LogP contribution in [0.15, 0.2) is 0 Å². The molecule has 0 aromatic carbocycles. The molecule has 0 aromatic heterocycles. The van der Waals surface area contributed by atoms with Gasteiger partial charge < -0.3 is 5.73 Å². The van der Waals surface area contributed by atoms with E-state index < -0.39 is 0 Å². The third kappa shape index (κ3) is 3.76. The SMILES string of the molecule is CCCC(C)(N)CN(CC1CC1)C1CC1. The lowest BCUT2D eigenvalue weighted by molar-refractivity contribution is 0.193. The summed E-state index contributed by atoms with van der Waals surface area (Å²) in [5.41, 5.74) is 6.38. The zero-order valence-corrected chi connectivity index (χ0v) is 10.3. The molecule has 0 aromatic rings. The van der Waals surface area contributed by atoms with Crippen LogP contribution in [-0.2, 0) is 0 Å². The van der Waals surface area contributed by atoms with E-state index in [0.717, 1.165) is 24.9 Å². The van der Waals surface area contributed by atoms with Crippen LogP contribution in [0.25, 0.3) is 0 Å². The molecule has 2 nitrogen and oxygen atoms in total. The summed E-state index contributed by atoms with van der Waals surface area (Å²) in [6, 6.07) is 0.880. The van der Waals surface area contributed by atoms with Crippen LogP contribution >= 0.6 is 0 Å². The van der Waals surface area contributed by atoms with E-state index in [1.807, 2.05) is 0 Å². The molecule has 15 heavy (non-hydrogen) atoms. The monoisotopic (exact) mass is 210 g/mol. The Hall–Kier alpha value is -0.0800. The zero-order chi connectivity index (χ0) is 10.9. The van der Waals surface area contributed by atoms with Crippen LogP contribution in [0.3, 0.4) is 0 Å². The van der Waals surface area contributed by atoms with Gasteiger partial charge in [0.05, 0.1) is 0 Å². The van der Waals surface area contributed by atoms with Gasteiger partial charge in [0.2, 0.25) is 0 Å². The molecule has 2 aliphatic rings. The van der Waals surface area contributed by atoms with Crippen LogP contribution in [0.1, 0.15) is 52.4 Å². The number of nitrogens with two attached hydrogens (primary N) is 1. The highest BCUT2D eigenvalue weighted by atomic mass is 15.2. The fraction of sp³-hybridized carbons (Fsp3) is 1.00. The first-order chi connectivity index (χ1) is 7.11. The fourth-order valence-corrected chi connectivity index (χ4v) is 2.53. The molecule has 2 heteroatoms. The normalized spacial score (nSPS) is 25.6. The van der Waals surface area contributed by atoms with Crippen molar-refractivity contribution >= 4 is 0 Å². The van der Waals surface area contributed by atoms with E-state index in [0.29, 0.717) is 0 Å². The molecule has 0 radical (unpaired) electrons. The molecule has 1 atom stereocenters. The summed E-state index contributed by atoms with van der Waals surface area (Å²) in [7, 11) is 0. The summed E-state index contributed by atoms with van der Waals surface area (Å²) in [5, 5.41) is 0. The van der Waals surface area contributed by atoms with Crippen LogP contribution < -0.4 is 5.73 Å². The van der Waals surface area contributed by atoms with Crippen molar-refractivity contribution in [2.45, 2.75) is 64.0 Å². The van der Waals surface area contributed by atoms with E-state index >= 15 is 0 Å². The second-order valence-corrected chi connectivity index (χ2v) is 6.01. The Morgan fingerprint density at radius 1 is 1.27 bits per heavy atom. The summed E-state index contributed by atoms with van der Waals surface area (Å²) in [5.74, 6) is 1.00. The standard InChI is InChI=1S/C13H26N2/c1-3-8-13(2,14)10-15(12-6-7-12)9-11-4-5-11/h11-12H,3-10,14H2,1-2H3. The van der Waals surface area contributed by atoms with Crippen LogP contribution in [0.2, 0.25) is 0 Å². The molecule has 2 rings (SSSR count). The Morgan fingerprint density at radius 3 is 2.40 bits per heavy atom. The molecule has 0 aliphatic heterocycles. The van der Waals surface area contributed by atoms with Gasteiger partial charge in [0.1, 0.15) is 0 Å². The van der Waals surface area contributed by atoms with Crippen molar-refractivity contribution in [3.8, 4) is 0 Å². The van der Waals surface area contributed by atoms with Crippen molar-refractivity contribution in [2.24, 2.45) is 11.7 Å². The Labute approximate surface area is 94.2 Å². The number of rotatable bonds is 7. The van der Waals surface area contributed by atoms with Crippen LogP contribution in [-0.4, -0.2) is 29.6 Å². The second-order valence-electron chi connectivity index (χ2n) is 6.01. The molecule has 2 aliphatic carbocycles. The molecule has 2 N–H and O–H groups in total. The average molecular weight is 210 g/mol. The zero-order valence-electron chi connectivity index (χ0n) is 10.3. The van der Waals surface area contributed by atoms with E-state index in [4.69, 9.17) is 5.73 Å². The predicted molar refractivity (Wildman–Crippen MR) is 64.8 cm³/mol. The third-order valence-corrected chi connectivity index (χ3v) is 3.64. The highest BCUT2D eigenvalue weighted by molar-refractivity contribution is 4.93. The Kier molecular flexibility index (Phi) is 3.36. The molecule has 2 saturated carbocycles. The first kappa shape index (κ1) is 11.4. The molecule has 0 bridgehead atoms. The molecular formula is C13H26N2. The maximum atomic E-state index is 6.35. The van der Waals surface area contributed by atoms with Gasteiger partial charge in [-0.25, -0.2) is 0 Å². The van der Waals surface area contributed by atoms with Gasteiger partial charge in [0, 0.05) is 24.7 Å². The summed E-state index contributed by atoms with van der Waals surface area (Å²) < 4.78 is 0. The smallest absolute Gasteiger partial charge is 0.0254 e. The quantitative estimate of drug-likeness (QED) is 0.699. The summed E-state index contributed by atoms with van der Waals surface area (Å²) in [6.07, 6.45) is 8.09. The highest BCUT2D eigenvalue weighted by Gasteiger charge is 2.36. The van der Waals surface area contributed by atoms with Crippen molar-refractivity contribution in [3.05, 3.63) is 0 Å². The Morgan fingerprint density at radius 2 is 1.93 bits per heavy atom. The van der Waals surface area contributed by atoms with Crippen molar-refractivity contribution in [2.75, 3.05) is 13.1 Å². The van der Waals surface area contributed by atoms with E-state index in [1.165, 1.54) is 38.6 Å². The van der Waals surface area contributed by atoms with E-state index in [1.54, 1.807) is 0 Å². The summed E-state index contributed by atoms with van der Waals surface area (Å²) in [6.45, 7) is 6.88. The first-order valence-electron chi connectivity index (χ1n) is 6.63. The van der Waals surface area contributed by atoms with Crippen molar-refractivity contribution in [1.29, 1.82) is 0 Å². The largest absolute Gasteiger partial charge is 0.324 e. The molecule has 1 unspecified atom stereocenters. The lowest BCUT2D eigenvalue weighted by Crippen LogP contribution is -2.49. The first-order valence-corrected chi connectivity index (χ1v) is 6.63. The van der Waals surface area contributed by atoms with Gasteiger partial charge in [-0.05, 0) is 44.9 Å². The summed E-state index contributed by atoms with van der Waals surface area (Å²) >= 11 is 0. The lowest BCUT2D eigenvalue weighted by Gasteiger charge is -2.32. The molecule has 0 saturated heterocycles.